The maximum Gasteiger partial charge on any atom is 0.329 e. The minimum absolute atomic E-state index is 0.193. The lowest BCUT2D eigenvalue weighted by molar-refractivity contribution is 0.0958. The molecule has 1 aromatic carbocycles. The molecule has 4 rings (SSSR count). The number of hydrogen-bond acceptors (Lipinski definition) is 6. The van der Waals surface area contributed by atoms with E-state index in [0.717, 1.165) is 44.0 Å². The quantitative estimate of drug-likeness (QED) is 0.626. The molecule has 0 unspecified atom stereocenters. The Morgan fingerprint density at radius 2 is 1.88 bits per heavy atom. The molecule has 9 nitrogen and oxygen atoms in total. The van der Waals surface area contributed by atoms with Crippen molar-refractivity contribution in [3.8, 4) is 0 Å². The van der Waals surface area contributed by atoms with Crippen molar-refractivity contribution in [3.05, 3.63) is 68.6 Å². The molecular formula is C23H28N6O3. The van der Waals surface area contributed by atoms with E-state index in [9.17, 15) is 14.4 Å². The van der Waals surface area contributed by atoms with Crippen LogP contribution >= 0.6 is 0 Å². The van der Waals surface area contributed by atoms with Crippen molar-refractivity contribution in [3.63, 3.8) is 0 Å². The van der Waals surface area contributed by atoms with Crippen LogP contribution in [0.1, 0.15) is 35.9 Å². The van der Waals surface area contributed by atoms with Crippen molar-refractivity contribution < 1.29 is 4.79 Å². The summed E-state index contributed by atoms with van der Waals surface area (Å²) in [4.78, 5) is 48.3. The maximum absolute atomic E-state index is 12.6. The Balaban J connectivity index is 1.43. The minimum Gasteiger partial charge on any atom is -0.368 e. The Hall–Kier alpha value is -3.46. The number of rotatable bonds is 5. The highest BCUT2D eigenvalue weighted by Crippen LogP contribution is 2.18. The van der Waals surface area contributed by atoms with E-state index in [1.807, 2.05) is 32.0 Å². The number of nitrogens with one attached hydrogen (secondary N) is 2. The summed E-state index contributed by atoms with van der Waals surface area (Å²) in [6.45, 7) is 7.84. The lowest BCUT2D eigenvalue weighted by Crippen LogP contribution is -2.46. The van der Waals surface area contributed by atoms with Gasteiger partial charge in [-0.25, -0.2) is 9.78 Å². The molecule has 9 heteroatoms. The number of fused-ring (bicyclic) bond motifs is 1. The number of aromatic amines is 1. The van der Waals surface area contributed by atoms with Crippen LogP contribution < -0.4 is 21.5 Å². The van der Waals surface area contributed by atoms with E-state index in [1.165, 1.54) is 4.57 Å². The Morgan fingerprint density at radius 1 is 1.12 bits per heavy atom. The van der Waals surface area contributed by atoms with E-state index < -0.39 is 0 Å². The zero-order valence-corrected chi connectivity index (χ0v) is 18.6. The molecule has 1 aliphatic rings. The molecule has 2 N–H and O–H groups in total. The van der Waals surface area contributed by atoms with Crippen LogP contribution in [0.25, 0.3) is 10.9 Å². The Kier molecular flexibility index (Phi) is 6.09. The first-order valence-corrected chi connectivity index (χ1v) is 10.8. The van der Waals surface area contributed by atoms with Gasteiger partial charge in [0.2, 0.25) is 0 Å². The van der Waals surface area contributed by atoms with Gasteiger partial charge in [-0.1, -0.05) is 6.07 Å². The Morgan fingerprint density at radius 3 is 2.50 bits per heavy atom. The fourth-order valence-corrected chi connectivity index (χ4v) is 4.10. The molecule has 1 fully saturated rings. The molecule has 0 bridgehead atoms. The average Bonchev–Trinajstić information content (AvgIpc) is 2.79. The number of H-pyrrole nitrogens is 1. The molecular weight excluding hydrogens is 408 g/mol. The number of carbonyl (C=O) groups is 1. The van der Waals surface area contributed by atoms with Crippen LogP contribution in [0.2, 0.25) is 0 Å². The molecule has 0 atom stereocenters. The standard InChI is InChI=1S/C23H28N6O3/c1-15(2)29-22(31)18-6-4-16(12-20(18)26-23(29)32)14-27-8-10-28(11-9-27)17-5-7-19(25-13-17)21(30)24-3/h4-7,12-13,15H,8-11,14H2,1-3H3,(H,24,30)(H,26,32). The van der Waals surface area contributed by atoms with Crippen LogP contribution in [0.15, 0.2) is 46.1 Å². The molecule has 1 aliphatic heterocycles. The summed E-state index contributed by atoms with van der Waals surface area (Å²) in [7, 11) is 1.59. The van der Waals surface area contributed by atoms with Crippen LogP contribution in [-0.2, 0) is 6.54 Å². The molecule has 1 amide bonds. The monoisotopic (exact) mass is 436 g/mol. The van der Waals surface area contributed by atoms with Gasteiger partial charge in [-0.3, -0.25) is 19.1 Å². The third-order valence-corrected chi connectivity index (χ3v) is 5.86. The highest BCUT2D eigenvalue weighted by molar-refractivity contribution is 5.92. The zero-order valence-electron chi connectivity index (χ0n) is 18.6. The van der Waals surface area contributed by atoms with Gasteiger partial charge in [0.15, 0.2) is 0 Å². The number of pyridine rings is 1. The van der Waals surface area contributed by atoms with Crippen LogP contribution in [0.4, 0.5) is 5.69 Å². The predicted octanol–water partition coefficient (Wildman–Crippen LogP) is 1.35. The Bertz CT molecular complexity index is 1240. The lowest BCUT2D eigenvalue weighted by atomic mass is 10.1. The van der Waals surface area contributed by atoms with Gasteiger partial charge >= 0.3 is 5.69 Å². The molecule has 1 saturated heterocycles. The number of carbonyl (C=O) groups excluding carboxylic acids is 1. The van der Waals surface area contributed by atoms with Crippen LogP contribution in [0, 0.1) is 0 Å². The second-order valence-electron chi connectivity index (χ2n) is 8.32. The van der Waals surface area contributed by atoms with Crippen LogP contribution in [0.3, 0.4) is 0 Å². The summed E-state index contributed by atoms with van der Waals surface area (Å²) in [5.41, 5.74) is 2.41. The molecule has 0 aliphatic carbocycles. The molecule has 3 aromatic rings. The molecule has 3 heterocycles. The van der Waals surface area contributed by atoms with Gasteiger partial charge in [-0.2, -0.15) is 0 Å². The number of amides is 1. The van der Waals surface area contributed by atoms with E-state index in [1.54, 1.807) is 25.4 Å². The first-order valence-electron chi connectivity index (χ1n) is 10.8. The summed E-state index contributed by atoms with van der Waals surface area (Å²) in [6, 6.07) is 9.14. The molecule has 32 heavy (non-hydrogen) atoms. The largest absolute Gasteiger partial charge is 0.368 e. The number of piperazine rings is 1. The molecule has 2 aromatic heterocycles. The highest BCUT2D eigenvalue weighted by Gasteiger charge is 2.19. The molecule has 0 radical (unpaired) electrons. The van der Waals surface area contributed by atoms with Gasteiger partial charge in [0.05, 0.1) is 22.8 Å². The normalized spacial score (nSPS) is 14.8. The van der Waals surface area contributed by atoms with Crippen LogP contribution in [0.5, 0.6) is 0 Å². The van der Waals surface area contributed by atoms with Crippen molar-refractivity contribution in [2.75, 3.05) is 38.1 Å². The number of nitrogens with zero attached hydrogens (tertiary/aromatic N) is 4. The average molecular weight is 437 g/mol. The van der Waals surface area contributed by atoms with Gasteiger partial charge < -0.3 is 15.2 Å². The van der Waals surface area contributed by atoms with Crippen molar-refractivity contribution in [1.82, 2.24) is 24.8 Å². The second kappa shape index (κ2) is 8.96. The van der Waals surface area contributed by atoms with Crippen molar-refractivity contribution in [2.24, 2.45) is 0 Å². The zero-order chi connectivity index (χ0) is 22.8. The van der Waals surface area contributed by atoms with Crippen LogP contribution in [-0.4, -0.2) is 58.6 Å². The van der Waals surface area contributed by atoms with Gasteiger partial charge in [0.1, 0.15) is 5.69 Å². The fraction of sp³-hybridized carbons (Fsp3) is 0.391. The van der Waals surface area contributed by atoms with Gasteiger partial charge in [-0.05, 0) is 43.7 Å². The predicted molar refractivity (Wildman–Crippen MR) is 124 cm³/mol. The van der Waals surface area contributed by atoms with Crippen molar-refractivity contribution in [2.45, 2.75) is 26.4 Å². The first kappa shape index (κ1) is 21.8. The third kappa shape index (κ3) is 4.29. The topological polar surface area (TPSA) is 103 Å². The van der Waals surface area contributed by atoms with E-state index in [-0.39, 0.29) is 23.2 Å². The number of aromatic nitrogens is 3. The number of benzene rings is 1. The van der Waals surface area contributed by atoms with Crippen molar-refractivity contribution >= 4 is 22.5 Å². The summed E-state index contributed by atoms with van der Waals surface area (Å²) in [6.07, 6.45) is 1.74. The fourth-order valence-electron chi connectivity index (χ4n) is 4.10. The number of hydrogen-bond donors (Lipinski definition) is 2. The van der Waals surface area contributed by atoms with Crippen molar-refractivity contribution in [1.29, 1.82) is 0 Å². The van der Waals surface area contributed by atoms with E-state index >= 15 is 0 Å². The summed E-state index contributed by atoms with van der Waals surface area (Å²) in [5.74, 6) is -0.193. The third-order valence-electron chi connectivity index (χ3n) is 5.86. The van der Waals surface area contributed by atoms with Gasteiger partial charge in [-0.15, -0.1) is 0 Å². The van der Waals surface area contributed by atoms with E-state index in [4.69, 9.17) is 0 Å². The SMILES string of the molecule is CNC(=O)c1ccc(N2CCN(Cc3ccc4c(=O)n(C(C)C)c(=O)[nH]c4c3)CC2)cn1. The van der Waals surface area contributed by atoms with E-state index in [0.29, 0.717) is 16.6 Å². The first-order chi connectivity index (χ1) is 15.4. The molecule has 0 spiro atoms. The van der Waals surface area contributed by atoms with Gasteiger partial charge in [0.25, 0.3) is 11.5 Å². The summed E-state index contributed by atoms with van der Waals surface area (Å²) in [5, 5.41) is 3.10. The minimum atomic E-state index is -0.376. The summed E-state index contributed by atoms with van der Waals surface area (Å²) < 4.78 is 1.25. The smallest absolute Gasteiger partial charge is 0.329 e. The maximum atomic E-state index is 12.6. The lowest BCUT2D eigenvalue weighted by Gasteiger charge is -2.36. The molecule has 0 saturated carbocycles. The van der Waals surface area contributed by atoms with E-state index in [2.05, 4.69) is 25.1 Å². The summed E-state index contributed by atoms with van der Waals surface area (Å²) >= 11 is 0. The second-order valence-corrected chi connectivity index (χ2v) is 8.32. The Labute approximate surface area is 185 Å². The number of anilines is 1. The highest BCUT2D eigenvalue weighted by atomic mass is 16.2. The van der Waals surface area contributed by atoms with Gasteiger partial charge in [0, 0.05) is 45.8 Å². The molecule has 168 valence electrons.